The number of nitrogens with zero attached hydrogens (tertiary/aromatic N) is 2. The maximum absolute atomic E-state index is 4.85. The van der Waals surface area contributed by atoms with Crippen LogP contribution in [0.3, 0.4) is 0 Å². The fourth-order valence-corrected chi connectivity index (χ4v) is 3.39. The summed E-state index contributed by atoms with van der Waals surface area (Å²) in [4.78, 5) is 0. The quantitative estimate of drug-likeness (QED) is 0.892. The Hall–Kier alpha value is -1.35. The van der Waals surface area contributed by atoms with Gasteiger partial charge in [-0.1, -0.05) is 24.6 Å². The van der Waals surface area contributed by atoms with E-state index in [1.54, 1.807) is 0 Å². The van der Waals surface area contributed by atoms with E-state index in [9.17, 15) is 0 Å². The van der Waals surface area contributed by atoms with Crippen LogP contribution in [-0.4, -0.2) is 23.4 Å². The highest BCUT2D eigenvalue weighted by molar-refractivity contribution is 5.82. The minimum absolute atomic E-state index is 0.449. The second kappa shape index (κ2) is 4.97. The number of aromatic nitrogens is 2. The van der Waals surface area contributed by atoms with E-state index < -0.39 is 0 Å². The molecule has 1 saturated carbocycles. The van der Waals surface area contributed by atoms with Gasteiger partial charge in [0.25, 0.3) is 0 Å². The fraction of sp³-hybridized carbons (Fsp3) is 0.562. The van der Waals surface area contributed by atoms with Crippen LogP contribution in [0.5, 0.6) is 0 Å². The van der Waals surface area contributed by atoms with Crippen molar-refractivity contribution in [1.82, 2.24) is 15.1 Å². The molecule has 1 fully saturated rings. The van der Waals surface area contributed by atoms with Crippen molar-refractivity contribution in [2.45, 2.75) is 39.2 Å². The zero-order valence-corrected chi connectivity index (χ0v) is 11.9. The van der Waals surface area contributed by atoms with Crippen LogP contribution in [0, 0.1) is 5.41 Å². The molecule has 19 heavy (non-hydrogen) atoms. The van der Waals surface area contributed by atoms with E-state index in [4.69, 9.17) is 5.10 Å². The summed E-state index contributed by atoms with van der Waals surface area (Å²) in [5.41, 5.74) is 3.01. The number of para-hydroxylation sites is 1. The Balaban J connectivity index is 1.96. The third kappa shape index (κ3) is 2.16. The normalized spacial score (nSPS) is 17.6. The van der Waals surface area contributed by atoms with Crippen LogP contribution in [-0.2, 0) is 13.0 Å². The van der Waals surface area contributed by atoms with E-state index in [1.807, 2.05) is 0 Å². The minimum atomic E-state index is 0.449. The van der Waals surface area contributed by atoms with Gasteiger partial charge in [0.05, 0.1) is 11.2 Å². The molecule has 0 spiro atoms. The zero-order chi connectivity index (χ0) is 13.3. The summed E-state index contributed by atoms with van der Waals surface area (Å²) in [6.07, 6.45) is 5.15. The maximum Gasteiger partial charge on any atom is 0.0709 e. The number of aryl methyl sites for hydroxylation is 1. The van der Waals surface area contributed by atoms with Gasteiger partial charge in [0, 0.05) is 18.5 Å². The van der Waals surface area contributed by atoms with Gasteiger partial charge in [0.2, 0.25) is 0 Å². The Labute approximate surface area is 115 Å². The molecule has 1 aliphatic rings. The molecule has 0 bridgehead atoms. The lowest BCUT2D eigenvalue weighted by molar-refractivity contribution is 0.132. The van der Waals surface area contributed by atoms with Crippen molar-refractivity contribution in [1.29, 1.82) is 0 Å². The van der Waals surface area contributed by atoms with Crippen molar-refractivity contribution in [3.63, 3.8) is 0 Å². The van der Waals surface area contributed by atoms with Crippen molar-refractivity contribution in [2.24, 2.45) is 5.41 Å². The van der Waals surface area contributed by atoms with Crippen LogP contribution >= 0.6 is 0 Å². The number of hydrogen-bond donors (Lipinski definition) is 1. The van der Waals surface area contributed by atoms with Gasteiger partial charge in [-0.05, 0) is 44.7 Å². The third-order valence-electron chi connectivity index (χ3n) is 4.54. The number of benzene rings is 1. The predicted molar refractivity (Wildman–Crippen MR) is 79.3 cm³/mol. The summed E-state index contributed by atoms with van der Waals surface area (Å²) < 4.78 is 2.14. The molecular weight excluding hydrogens is 234 g/mol. The first-order chi connectivity index (χ1) is 9.28. The second-order valence-electron chi connectivity index (χ2n) is 5.84. The first kappa shape index (κ1) is 12.7. The van der Waals surface area contributed by atoms with E-state index in [0.717, 1.165) is 19.5 Å². The molecule has 3 nitrogen and oxygen atoms in total. The second-order valence-corrected chi connectivity index (χ2v) is 5.84. The van der Waals surface area contributed by atoms with Gasteiger partial charge >= 0.3 is 0 Å². The molecule has 1 aliphatic carbocycles. The lowest BCUT2D eigenvalue weighted by atomic mass is 9.66. The first-order valence-corrected chi connectivity index (χ1v) is 7.37. The molecule has 0 radical (unpaired) electrons. The average Bonchev–Trinajstić information content (AvgIpc) is 2.75. The maximum atomic E-state index is 4.85. The molecular formula is C16H23N3. The Morgan fingerprint density at radius 2 is 2.11 bits per heavy atom. The number of fused-ring (bicyclic) bond motifs is 1. The van der Waals surface area contributed by atoms with Crippen molar-refractivity contribution >= 4 is 10.9 Å². The molecule has 3 heteroatoms. The summed E-state index contributed by atoms with van der Waals surface area (Å²) in [6, 6.07) is 8.63. The Kier molecular flexibility index (Phi) is 3.31. The van der Waals surface area contributed by atoms with E-state index in [-0.39, 0.29) is 0 Å². The van der Waals surface area contributed by atoms with Gasteiger partial charge in [0.1, 0.15) is 0 Å². The molecule has 2 aromatic rings. The molecule has 1 N–H and O–H groups in total. The summed E-state index contributed by atoms with van der Waals surface area (Å²) in [5.74, 6) is 0. The molecule has 1 heterocycles. The van der Waals surface area contributed by atoms with Gasteiger partial charge in [-0.25, -0.2) is 0 Å². The van der Waals surface area contributed by atoms with Gasteiger partial charge in [0.15, 0.2) is 0 Å². The molecule has 1 aromatic carbocycles. The van der Waals surface area contributed by atoms with Crippen LogP contribution in [0.4, 0.5) is 0 Å². The van der Waals surface area contributed by atoms with Crippen LogP contribution in [0.2, 0.25) is 0 Å². The topological polar surface area (TPSA) is 29.9 Å². The summed E-state index contributed by atoms with van der Waals surface area (Å²) in [7, 11) is 2.06. The SMILES string of the molecule is CCn1nc(CC2(CNC)CCC2)c2ccccc21. The highest BCUT2D eigenvalue weighted by atomic mass is 15.3. The van der Waals surface area contributed by atoms with Crippen LogP contribution in [0.1, 0.15) is 31.9 Å². The molecule has 1 aromatic heterocycles. The van der Waals surface area contributed by atoms with Crippen molar-refractivity contribution in [2.75, 3.05) is 13.6 Å². The van der Waals surface area contributed by atoms with E-state index in [0.29, 0.717) is 5.41 Å². The monoisotopic (exact) mass is 257 g/mol. The predicted octanol–water partition coefficient (Wildman–Crippen LogP) is 2.99. The third-order valence-corrected chi connectivity index (χ3v) is 4.54. The van der Waals surface area contributed by atoms with E-state index in [2.05, 4.69) is 48.2 Å². The molecule has 0 unspecified atom stereocenters. The fourth-order valence-electron chi connectivity index (χ4n) is 3.39. The molecule has 3 rings (SSSR count). The minimum Gasteiger partial charge on any atom is -0.319 e. The Morgan fingerprint density at radius 1 is 1.32 bits per heavy atom. The molecule has 0 saturated heterocycles. The Bertz CT molecular complexity index is 566. The van der Waals surface area contributed by atoms with Crippen LogP contribution in [0.25, 0.3) is 10.9 Å². The van der Waals surface area contributed by atoms with Crippen molar-refractivity contribution in [3.8, 4) is 0 Å². The Morgan fingerprint density at radius 3 is 2.74 bits per heavy atom. The van der Waals surface area contributed by atoms with Gasteiger partial charge in [-0.15, -0.1) is 0 Å². The van der Waals surface area contributed by atoms with Crippen molar-refractivity contribution in [3.05, 3.63) is 30.0 Å². The molecule has 0 amide bonds. The standard InChI is InChI=1S/C16H23N3/c1-3-19-15-8-5-4-7-13(15)14(18-19)11-16(12-17-2)9-6-10-16/h4-5,7-8,17H,3,6,9-12H2,1-2H3. The number of hydrogen-bond acceptors (Lipinski definition) is 2. The number of nitrogens with one attached hydrogen (secondary N) is 1. The highest BCUT2D eigenvalue weighted by Crippen LogP contribution is 2.43. The van der Waals surface area contributed by atoms with Crippen LogP contribution in [0.15, 0.2) is 24.3 Å². The highest BCUT2D eigenvalue weighted by Gasteiger charge is 2.37. The van der Waals surface area contributed by atoms with Crippen LogP contribution < -0.4 is 5.32 Å². The smallest absolute Gasteiger partial charge is 0.0709 e. The molecule has 0 atom stereocenters. The van der Waals surface area contributed by atoms with E-state index >= 15 is 0 Å². The molecule has 102 valence electrons. The summed E-state index contributed by atoms with van der Waals surface area (Å²) >= 11 is 0. The van der Waals surface area contributed by atoms with Gasteiger partial charge in [-0.2, -0.15) is 5.10 Å². The average molecular weight is 257 g/mol. The summed E-state index contributed by atoms with van der Waals surface area (Å²) in [6.45, 7) is 4.22. The zero-order valence-electron chi connectivity index (χ0n) is 11.9. The van der Waals surface area contributed by atoms with E-state index in [1.165, 1.54) is 35.9 Å². The lowest BCUT2D eigenvalue weighted by Crippen LogP contribution is -2.40. The summed E-state index contributed by atoms with van der Waals surface area (Å²) in [5, 5.41) is 9.55. The first-order valence-electron chi connectivity index (χ1n) is 7.37. The number of rotatable bonds is 5. The molecule has 0 aliphatic heterocycles. The largest absolute Gasteiger partial charge is 0.319 e. The van der Waals surface area contributed by atoms with Gasteiger partial charge < -0.3 is 5.32 Å². The lowest BCUT2D eigenvalue weighted by Gasteiger charge is -2.41. The van der Waals surface area contributed by atoms with Crippen molar-refractivity contribution < 1.29 is 0 Å². The van der Waals surface area contributed by atoms with Gasteiger partial charge in [-0.3, -0.25) is 4.68 Å².